The fourth-order valence-electron chi connectivity index (χ4n) is 4.87. The van der Waals surface area contributed by atoms with Crippen molar-refractivity contribution in [3.05, 3.63) is 41.0 Å². The van der Waals surface area contributed by atoms with Gasteiger partial charge in [0.2, 0.25) is 17.7 Å². The molecular weight excluding hydrogens is 436 g/mol. The smallest absolute Gasteiger partial charge is 0.246 e. The summed E-state index contributed by atoms with van der Waals surface area (Å²) in [5.41, 5.74) is 4.99. The first-order chi connectivity index (χ1) is 15.9. The van der Waals surface area contributed by atoms with Crippen LogP contribution in [0.15, 0.2) is 29.8 Å². The molecule has 2 aromatic rings. The van der Waals surface area contributed by atoms with Gasteiger partial charge in [-0.15, -0.1) is 11.3 Å². The van der Waals surface area contributed by atoms with Crippen LogP contribution in [0.3, 0.4) is 0 Å². The molecule has 1 aromatic heterocycles. The SMILES string of the molecule is Cc1ncsc1-c1ccc(CNC(=O)[C@@H]2CCCN2C(=O)C(C(C)C)N2CCCC2=O)cc1. The van der Waals surface area contributed by atoms with E-state index in [1.807, 2.05) is 50.5 Å². The zero-order valence-electron chi connectivity index (χ0n) is 19.5. The van der Waals surface area contributed by atoms with Crippen molar-refractivity contribution in [1.82, 2.24) is 20.1 Å². The van der Waals surface area contributed by atoms with Crippen molar-refractivity contribution < 1.29 is 14.4 Å². The highest BCUT2D eigenvalue weighted by molar-refractivity contribution is 7.13. The Bertz CT molecular complexity index is 1020. The fraction of sp³-hybridized carbons (Fsp3) is 0.520. The Morgan fingerprint density at radius 2 is 1.94 bits per heavy atom. The number of hydrogen-bond acceptors (Lipinski definition) is 5. The van der Waals surface area contributed by atoms with Gasteiger partial charge in [-0.05, 0) is 43.2 Å². The predicted octanol–water partition coefficient (Wildman–Crippen LogP) is 3.37. The summed E-state index contributed by atoms with van der Waals surface area (Å²) in [5.74, 6) is -0.176. The Labute approximate surface area is 199 Å². The third-order valence-electron chi connectivity index (χ3n) is 6.60. The van der Waals surface area contributed by atoms with Gasteiger partial charge in [0.15, 0.2) is 0 Å². The van der Waals surface area contributed by atoms with Crippen LogP contribution in [-0.4, -0.2) is 57.7 Å². The number of likely N-dealkylation sites (tertiary alicyclic amines) is 2. The average molecular weight is 469 g/mol. The molecule has 2 aliphatic heterocycles. The molecule has 0 saturated carbocycles. The minimum Gasteiger partial charge on any atom is -0.350 e. The number of carbonyl (C=O) groups is 3. The zero-order chi connectivity index (χ0) is 23.5. The Balaban J connectivity index is 1.39. The van der Waals surface area contributed by atoms with Crippen LogP contribution in [-0.2, 0) is 20.9 Å². The molecule has 33 heavy (non-hydrogen) atoms. The Morgan fingerprint density at radius 3 is 2.55 bits per heavy atom. The number of carbonyl (C=O) groups excluding carboxylic acids is 3. The summed E-state index contributed by atoms with van der Waals surface area (Å²) < 4.78 is 0. The van der Waals surface area contributed by atoms with Crippen molar-refractivity contribution in [3.8, 4) is 10.4 Å². The molecule has 7 nitrogen and oxygen atoms in total. The van der Waals surface area contributed by atoms with Crippen molar-refractivity contribution in [2.24, 2.45) is 5.92 Å². The largest absolute Gasteiger partial charge is 0.350 e. The van der Waals surface area contributed by atoms with Gasteiger partial charge in [0.1, 0.15) is 12.1 Å². The number of nitrogens with zero attached hydrogens (tertiary/aromatic N) is 3. The molecule has 176 valence electrons. The topological polar surface area (TPSA) is 82.6 Å². The molecule has 2 fully saturated rings. The maximum Gasteiger partial charge on any atom is 0.246 e. The highest BCUT2D eigenvalue weighted by atomic mass is 32.1. The molecule has 8 heteroatoms. The van der Waals surface area contributed by atoms with Crippen LogP contribution in [0.2, 0.25) is 0 Å². The lowest BCUT2D eigenvalue weighted by Gasteiger charge is -2.35. The monoisotopic (exact) mass is 468 g/mol. The number of benzene rings is 1. The lowest BCUT2D eigenvalue weighted by Crippen LogP contribution is -2.55. The van der Waals surface area contributed by atoms with E-state index in [1.54, 1.807) is 21.1 Å². The highest BCUT2D eigenvalue weighted by Crippen LogP contribution is 2.28. The Hall–Kier alpha value is -2.74. The first kappa shape index (κ1) is 23.4. The van der Waals surface area contributed by atoms with Gasteiger partial charge >= 0.3 is 0 Å². The first-order valence-corrected chi connectivity index (χ1v) is 12.6. The minimum absolute atomic E-state index is 0.00422. The van der Waals surface area contributed by atoms with E-state index in [0.29, 0.717) is 32.5 Å². The second kappa shape index (κ2) is 10.0. The third kappa shape index (κ3) is 4.95. The van der Waals surface area contributed by atoms with E-state index < -0.39 is 12.1 Å². The highest BCUT2D eigenvalue weighted by Gasteiger charge is 2.42. The first-order valence-electron chi connectivity index (χ1n) is 11.7. The van der Waals surface area contributed by atoms with Gasteiger partial charge in [0.25, 0.3) is 0 Å². The van der Waals surface area contributed by atoms with Crippen LogP contribution in [0.25, 0.3) is 10.4 Å². The van der Waals surface area contributed by atoms with Crippen molar-refractivity contribution in [3.63, 3.8) is 0 Å². The quantitative estimate of drug-likeness (QED) is 0.675. The molecule has 1 N–H and O–H groups in total. The molecule has 0 spiro atoms. The molecule has 2 aliphatic rings. The normalized spacial score (nSPS) is 19.4. The van der Waals surface area contributed by atoms with Gasteiger partial charge in [0, 0.05) is 26.1 Å². The lowest BCUT2D eigenvalue weighted by atomic mass is 10.0. The molecule has 2 saturated heterocycles. The molecule has 0 aliphatic carbocycles. The van der Waals surface area contributed by atoms with Crippen molar-refractivity contribution in [2.45, 2.75) is 65.1 Å². The van der Waals surface area contributed by atoms with Gasteiger partial charge in [-0.2, -0.15) is 0 Å². The molecule has 0 radical (unpaired) electrons. The molecule has 0 bridgehead atoms. The molecule has 3 heterocycles. The van der Waals surface area contributed by atoms with Gasteiger partial charge in [-0.3, -0.25) is 14.4 Å². The molecular formula is C25H32N4O3S. The lowest BCUT2D eigenvalue weighted by molar-refractivity contribution is -0.148. The van der Waals surface area contributed by atoms with Crippen LogP contribution < -0.4 is 5.32 Å². The number of hydrogen-bond donors (Lipinski definition) is 1. The maximum absolute atomic E-state index is 13.4. The number of thiazole rings is 1. The minimum atomic E-state index is -0.490. The van der Waals surface area contributed by atoms with E-state index in [0.717, 1.165) is 34.5 Å². The summed E-state index contributed by atoms with van der Waals surface area (Å²) >= 11 is 1.62. The summed E-state index contributed by atoms with van der Waals surface area (Å²) in [7, 11) is 0. The number of rotatable bonds is 7. The Morgan fingerprint density at radius 1 is 1.18 bits per heavy atom. The van der Waals surface area contributed by atoms with Gasteiger partial charge < -0.3 is 15.1 Å². The standard InChI is InChI=1S/C25H32N4O3S/c1-16(2)22(29-13-5-7-21(29)30)25(32)28-12-4-6-20(28)24(31)26-14-18-8-10-19(11-9-18)23-17(3)27-15-33-23/h8-11,15-16,20,22H,4-7,12-14H2,1-3H3,(H,26,31)/t20-,22?/m0/s1. The van der Waals surface area contributed by atoms with E-state index in [9.17, 15) is 14.4 Å². The summed E-state index contributed by atoms with van der Waals surface area (Å²) in [5, 5.41) is 3.01. The second-order valence-electron chi connectivity index (χ2n) is 9.25. The van der Waals surface area contributed by atoms with Gasteiger partial charge in [-0.25, -0.2) is 4.98 Å². The summed E-state index contributed by atoms with van der Waals surface area (Å²) in [4.78, 5) is 47.6. The molecule has 4 rings (SSSR count). The van der Waals surface area contributed by atoms with Gasteiger partial charge in [-0.1, -0.05) is 38.1 Å². The Kier molecular flexibility index (Phi) is 7.12. The van der Waals surface area contributed by atoms with E-state index in [-0.39, 0.29) is 23.6 Å². The van der Waals surface area contributed by atoms with Crippen molar-refractivity contribution in [2.75, 3.05) is 13.1 Å². The summed E-state index contributed by atoms with van der Waals surface area (Å²) in [6.07, 6.45) is 2.74. The summed E-state index contributed by atoms with van der Waals surface area (Å²) in [6, 6.07) is 7.16. The van der Waals surface area contributed by atoms with E-state index in [1.165, 1.54) is 0 Å². The van der Waals surface area contributed by atoms with Crippen molar-refractivity contribution in [1.29, 1.82) is 0 Å². The van der Waals surface area contributed by atoms with Crippen LogP contribution >= 0.6 is 11.3 Å². The molecule has 3 amide bonds. The zero-order valence-corrected chi connectivity index (χ0v) is 20.4. The van der Waals surface area contributed by atoms with Crippen LogP contribution in [0, 0.1) is 12.8 Å². The van der Waals surface area contributed by atoms with E-state index in [4.69, 9.17) is 0 Å². The molecule has 1 unspecified atom stereocenters. The molecule has 1 aromatic carbocycles. The van der Waals surface area contributed by atoms with Crippen LogP contribution in [0.5, 0.6) is 0 Å². The van der Waals surface area contributed by atoms with Gasteiger partial charge in [0.05, 0.1) is 16.1 Å². The number of nitrogens with one attached hydrogen (secondary N) is 1. The number of aryl methyl sites for hydroxylation is 1. The van der Waals surface area contributed by atoms with E-state index in [2.05, 4.69) is 10.3 Å². The molecule has 2 atom stereocenters. The predicted molar refractivity (Wildman–Crippen MR) is 128 cm³/mol. The number of amides is 3. The fourth-order valence-corrected chi connectivity index (χ4v) is 5.69. The second-order valence-corrected chi connectivity index (χ2v) is 10.1. The average Bonchev–Trinajstić information content (AvgIpc) is 3.54. The van der Waals surface area contributed by atoms with E-state index >= 15 is 0 Å². The summed E-state index contributed by atoms with van der Waals surface area (Å²) in [6.45, 7) is 7.53. The van der Waals surface area contributed by atoms with Crippen LogP contribution in [0.1, 0.15) is 50.8 Å². The number of aromatic nitrogens is 1. The third-order valence-corrected chi connectivity index (χ3v) is 7.57. The maximum atomic E-state index is 13.4. The van der Waals surface area contributed by atoms with Crippen LogP contribution in [0.4, 0.5) is 0 Å². The van der Waals surface area contributed by atoms with Crippen molar-refractivity contribution >= 4 is 29.1 Å².